The van der Waals surface area contributed by atoms with E-state index in [2.05, 4.69) is 6.07 Å². The Morgan fingerprint density at radius 1 is 1.32 bits per heavy atom. The third-order valence-corrected chi connectivity index (χ3v) is 3.17. The molecule has 3 nitrogen and oxygen atoms in total. The van der Waals surface area contributed by atoms with Gasteiger partial charge >= 0.3 is 0 Å². The van der Waals surface area contributed by atoms with Gasteiger partial charge in [0.2, 0.25) is 0 Å². The van der Waals surface area contributed by atoms with Gasteiger partial charge in [-0.3, -0.25) is 0 Å². The Labute approximate surface area is 116 Å². The van der Waals surface area contributed by atoms with Crippen LogP contribution in [0.4, 0.5) is 0 Å². The van der Waals surface area contributed by atoms with Crippen LogP contribution in [0.25, 0.3) is 0 Å². The summed E-state index contributed by atoms with van der Waals surface area (Å²) < 4.78 is 5.78. The Balaban J connectivity index is 2.37. The normalized spacial score (nSPS) is 12.8. The molecule has 0 aromatic heterocycles. The average Bonchev–Trinajstić information content (AvgIpc) is 2.38. The van der Waals surface area contributed by atoms with Crippen molar-refractivity contribution < 1.29 is 4.74 Å². The maximum atomic E-state index is 8.93. The second kappa shape index (κ2) is 7.16. The van der Waals surface area contributed by atoms with Crippen molar-refractivity contribution in [2.75, 3.05) is 6.61 Å². The lowest BCUT2D eigenvalue weighted by Gasteiger charge is -2.16. The monoisotopic (exact) mass is 260 g/mol. The van der Waals surface area contributed by atoms with Crippen molar-refractivity contribution in [2.24, 2.45) is 11.1 Å². The second-order valence-electron chi connectivity index (χ2n) is 5.63. The molecule has 0 spiro atoms. The fourth-order valence-electron chi connectivity index (χ4n) is 1.90. The van der Waals surface area contributed by atoms with Crippen LogP contribution in [-0.2, 0) is 0 Å². The first kappa shape index (κ1) is 15.5. The highest BCUT2D eigenvalue weighted by Crippen LogP contribution is 2.24. The van der Waals surface area contributed by atoms with Crippen LogP contribution in [-0.4, -0.2) is 6.61 Å². The fourth-order valence-corrected chi connectivity index (χ4v) is 1.90. The minimum Gasteiger partial charge on any atom is -0.493 e. The molecule has 0 aliphatic heterocycles. The number of nitriles is 1. The molecule has 0 bridgehead atoms. The predicted octanol–water partition coefficient (Wildman–Crippen LogP) is 3.81. The van der Waals surface area contributed by atoms with Gasteiger partial charge in [-0.2, -0.15) is 5.26 Å². The molecule has 0 saturated carbocycles. The summed E-state index contributed by atoms with van der Waals surface area (Å²) in [7, 11) is 0. The van der Waals surface area contributed by atoms with Gasteiger partial charge in [0, 0.05) is 11.6 Å². The molecule has 2 N–H and O–H groups in total. The maximum Gasteiger partial charge on any atom is 0.124 e. The summed E-state index contributed by atoms with van der Waals surface area (Å²) >= 11 is 0. The van der Waals surface area contributed by atoms with Crippen LogP contribution < -0.4 is 10.5 Å². The van der Waals surface area contributed by atoms with Crippen LogP contribution in [0.1, 0.15) is 51.6 Å². The Morgan fingerprint density at radius 2 is 2.00 bits per heavy atom. The van der Waals surface area contributed by atoms with Crippen molar-refractivity contribution in [2.45, 2.75) is 46.1 Å². The summed E-state index contributed by atoms with van der Waals surface area (Å²) in [5.74, 6) is 0.872. The number of hydrogen-bond donors (Lipinski definition) is 1. The lowest BCUT2D eigenvalue weighted by Crippen LogP contribution is -2.10. The molecule has 1 unspecified atom stereocenters. The van der Waals surface area contributed by atoms with Crippen molar-refractivity contribution in [1.29, 1.82) is 5.26 Å². The minimum absolute atomic E-state index is 0.0197. The molecule has 0 amide bonds. The third kappa shape index (κ3) is 5.32. The average molecular weight is 260 g/mol. The largest absolute Gasteiger partial charge is 0.493 e. The molecule has 0 aliphatic carbocycles. The van der Waals surface area contributed by atoms with Crippen molar-refractivity contribution in [3.63, 3.8) is 0 Å². The molecule has 19 heavy (non-hydrogen) atoms. The number of nitrogens with two attached hydrogens (primary N) is 1. The van der Waals surface area contributed by atoms with Crippen LogP contribution in [0.3, 0.4) is 0 Å². The molecule has 0 radical (unpaired) electrons. The molecule has 104 valence electrons. The number of benzene rings is 1. The first-order valence-corrected chi connectivity index (χ1v) is 6.85. The van der Waals surface area contributed by atoms with Gasteiger partial charge in [0.25, 0.3) is 0 Å². The van der Waals surface area contributed by atoms with Crippen molar-refractivity contribution in [3.8, 4) is 11.8 Å². The summed E-state index contributed by atoms with van der Waals surface area (Å²) in [6.07, 6.45) is 2.86. The molecule has 0 fully saturated rings. The first-order chi connectivity index (χ1) is 8.96. The van der Waals surface area contributed by atoms with Crippen LogP contribution >= 0.6 is 0 Å². The summed E-state index contributed by atoms with van der Waals surface area (Å²) in [5, 5.41) is 8.93. The van der Waals surface area contributed by atoms with Gasteiger partial charge in [-0.15, -0.1) is 0 Å². The highest BCUT2D eigenvalue weighted by Gasteiger charge is 2.15. The van der Waals surface area contributed by atoms with Gasteiger partial charge in [-0.25, -0.2) is 0 Å². The number of hydrogen-bond acceptors (Lipinski definition) is 3. The van der Waals surface area contributed by atoms with E-state index in [9.17, 15) is 0 Å². The Bertz CT molecular complexity index is 433. The highest BCUT2D eigenvalue weighted by atomic mass is 16.5. The van der Waals surface area contributed by atoms with Gasteiger partial charge in [0.05, 0.1) is 18.1 Å². The predicted molar refractivity (Wildman–Crippen MR) is 77.8 cm³/mol. The standard InChI is InChI=1S/C16H24N2O/c1-13(18)14-8-4-5-9-15(14)19-11-7-6-10-16(2,3)12-17/h4-5,8-9,13H,6-7,10-11,18H2,1-3H3. The summed E-state index contributed by atoms with van der Waals surface area (Å²) in [6, 6.07) is 10.2. The lowest BCUT2D eigenvalue weighted by atomic mass is 9.89. The van der Waals surface area contributed by atoms with Crippen molar-refractivity contribution in [1.82, 2.24) is 0 Å². The van der Waals surface area contributed by atoms with E-state index in [1.54, 1.807) is 0 Å². The molecule has 0 aliphatic rings. The van der Waals surface area contributed by atoms with E-state index >= 15 is 0 Å². The Kier molecular flexibility index (Phi) is 5.85. The van der Waals surface area contributed by atoms with E-state index in [-0.39, 0.29) is 11.5 Å². The quantitative estimate of drug-likeness (QED) is 0.758. The van der Waals surface area contributed by atoms with Gasteiger partial charge in [-0.1, -0.05) is 18.2 Å². The summed E-state index contributed by atoms with van der Waals surface area (Å²) in [5.41, 5.74) is 6.71. The minimum atomic E-state index is -0.232. The van der Waals surface area contributed by atoms with Gasteiger partial charge < -0.3 is 10.5 Å². The molecule has 0 saturated heterocycles. The molecule has 0 heterocycles. The van der Waals surface area contributed by atoms with Gasteiger partial charge in [0.15, 0.2) is 0 Å². The molecule has 1 rings (SSSR count). The van der Waals surface area contributed by atoms with Crippen LogP contribution in [0, 0.1) is 16.7 Å². The number of rotatable bonds is 7. The van der Waals surface area contributed by atoms with E-state index in [4.69, 9.17) is 15.7 Å². The fraction of sp³-hybridized carbons (Fsp3) is 0.562. The molecule has 1 atom stereocenters. The molecule has 1 aromatic rings. The van der Waals surface area contributed by atoms with E-state index in [0.29, 0.717) is 6.61 Å². The SMILES string of the molecule is CC(N)c1ccccc1OCCCCC(C)(C)C#N. The zero-order valence-electron chi connectivity index (χ0n) is 12.1. The number of ether oxygens (including phenoxy) is 1. The Morgan fingerprint density at radius 3 is 2.63 bits per heavy atom. The molecular formula is C16H24N2O. The van der Waals surface area contributed by atoms with Gasteiger partial charge in [-0.05, 0) is 46.1 Å². The van der Waals surface area contributed by atoms with Crippen molar-refractivity contribution in [3.05, 3.63) is 29.8 Å². The zero-order chi connectivity index (χ0) is 14.3. The van der Waals surface area contributed by atoms with Crippen LogP contribution in [0.2, 0.25) is 0 Å². The topological polar surface area (TPSA) is 59.0 Å². The van der Waals surface area contributed by atoms with Crippen LogP contribution in [0.15, 0.2) is 24.3 Å². The number of nitrogens with zero attached hydrogens (tertiary/aromatic N) is 1. The summed E-state index contributed by atoms with van der Waals surface area (Å²) in [6.45, 7) is 6.57. The second-order valence-corrected chi connectivity index (χ2v) is 5.63. The molecular weight excluding hydrogens is 236 g/mol. The van der Waals surface area contributed by atoms with E-state index in [1.165, 1.54) is 0 Å². The maximum absolute atomic E-state index is 8.93. The smallest absolute Gasteiger partial charge is 0.124 e. The van der Waals surface area contributed by atoms with Gasteiger partial charge in [0.1, 0.15) is 5.75 Å². The molecule has 3 heteroatoms. The zero-order valence-corrected chi connectivity index (χ0v) is 12.1. The van der Waals surface area contributed by atoms with E-state index in [1.807, 2.05) is 45.0 Å². The van der Waals surface area contributed by atoms with Crippen LogP contribution in [0.5, 0.6) is 5.75 Å². The van der Waals surface area contributed by atoms with E-state index in [0.717, 1.165) is 30.6 Å². The third-order valence-electron chi connectivity index (χ3n) is 3.17. The number of unbranched alkanes of at least 4 members (excludes halogenated alkanes) is 1. The molecule has 1 aromatic carbocycles. The lowest BCUT2D eigenvalue weighted by molar-refractivity contribution is 0.291. The first-order valence-electron chi connectivity index (χ1n) is 6.85. The van der Waals surface area contributed by atoms with Crippen molar-refractivity contribution >= 4 is 0 Å². The Hall–Kier alpha value is -1.53. The van der Waals surface area contributed by atoms with E-state index < -0.39 is 0 Å². The number of para-hydroxylation sites is 1. The highest BCUT2D eigenvalue weighted by molar-refractivity contribution is 5.35. The summed E-state index contributed by atoms with van der Waals surface area (Å²) in [4.78, 5) is 0.